The summed E-state index contributed by atoms with van der Waals surface area (Å²) in [5.74, 6) is -0.300. The molecule has 0 spiro atoms. The third-order valence-corrected chi connectivity index (χ3v) is 3.86. The van der Waals surface area contributed by atoms with Gasteiger partial charge in [0, 0.05) is 6.42 Å². The first-order valence-electron chi connectivity index (χ1n) is 6.85. The molecule has 1 fully saturated rings. The van der Waals surface area contributed by atoms with Crippen LogP contribution in [0.3, 0.4) is 0 Å². The third-order valence-electron chi connectivity index (χ3n) is 3.86. The van der Waals surface area contributed by atoms with E-state index in [2.05, 4.69) is 10.6 Å². The maximum absolute atomic E-state index is 12.5. The number of amides is 3. The smallest absolute Gasteiger partial charge is 0.319 e. The minimum Gasteiger partial charge on any atom is -0.319 e. The standard InChI is InChI=1S/C17H16N2O2/c1-12-7-5-6-10-14(12)17(15(20)18-16(21)19-17)11-13-8-3-2-4-9-13/h2-10H,11H2,1H3,(H2,18,19,20,21). The van der Waals surface area contributed by atoms with E-state index in [9.17, 15) is 9.59 Å². The van der Waals surface area contributed by atoms with Gasteiger partial charge in [-0.3, -0.25) is 10.1 Å². The number of urea groups is 1. The number of carbonyl (C=O) groups excluding carboxylic acids is 2. The fourth-order valence-corrected chi connectivity index (χ4v) is 2.85. The first kappa shape index (κ1) is 13.4. The zero-order valence-corrected chi connectivity index (χ0v) is 11.7. The first-order valence-corrected chi connectivity index (χ1v) is 6.85. The number of hydrogen-bond acceptors (Lipinski definition) is 2. The fourth-order valence-electron chi connectivity index (χ4n) is 2.85. The van der Waals surface area contributed by atoms with E-state index in [1.807, 2.05) is 61.5 Å². The largest absolute Gasteiger partial charge is 0.322 e. The summed E-state index contributed by atoms with van der Waals surface area (Å²) in [6, 6.07) is 16.9. The van der Waals surface area contributed by atoms with Crippen molar-refractivity contribution in [3.63, 3.8) is 0 Å². The Bertz CT molecular complexity index is 697. The van der Waals surface area contributed by atoms with Crippen molar-refractivity contribution in [3.05, 3.63) is 71.3 Å². The van der Waals surface area contributed by atoms with Crippen molar-refractivity contribution in [1.29, 1.82) is 0 Å². The molecule has 0 aliphatic carbocycles. The Kier molecular flexibility index (Phi) is 3.22. The lowest BCUT2D eigenvalue weighted by molar-refractivity contribution is -0.124. The van der Waals surface area contributed by atoms with Gasteiger partial charge in [0.25, 0.3) is 5.91 Å². The van der Waals surface area contributed by atoms with E-state index >= 15 is 0 Å². The van der Waals surface area contributed by atoms with Gasteiger partial charge in [0.2, 0.25) is 0 Å². The highest BCUT2D eigenvalue weighted by atomic mass is 16.2. The number of carbonyl (C=O) groups is 2. The number of hydrogen-bond donors (Lipinski definition) is 2. The Morgan fingerprint density at radius 3 is 2.24 bits per heavy atom. The Morgan fingerprint density at radius 2 is 1.62 bits per heavy atom. The van der Waals surface area contributed by atoms with Gasteiger partial charge in [-0.2, -0.15) is 0 Å². The predicted octanol–water partition coefficient (Wildman–Crippen LogP) is 2.27. The van der Waals surface area contributed by atoms with Crippen LogP contribution >= 0.6 is 0 Å². The van der Waals surface area contributed by atoms with E-state index in [0.717, 1.165) is 16.7 Å². The molecule has 2 aromatic rings. The molecule has 0 bridgehead atoms. The molecular formula is C17H16N2O2. The van der Waals surface area contributed by atoms with Gasteiger partial charge in [-0.1, -0.05) is 54.6 Å². The maximum atomic E-state index is 12.5. The van der Waals surface area contributed by atoms with Crippen molar-refractivity contribution in [2.45, 2.75) is 18.9 Å². The van der Waals surface area contributed by atoms with E-state index in [1.165, 1.54) is 0 Å². The highest BCUT2D eigenvalue weighted by Crippen LogP contribution is 2.31. The van der Waals surface area contributed by atoms with Crippen LogP contribution in [-0.4, -0.2) is 11.9 Å². The molecule has 106 valence electrons. The van der Waals surface area contributed by atoms with Crippen LogP contribution in [0.2, 0.25) is 0 Å². The molecular weight excluding hydrogens is 264 g/mol. The van der Waals surface area contributed by atoms with Crippen molar-refractivity contribution in [3.8, 4) is 0 Å². The SMILES string of the molecule is Cc1ccccc1C1(Cc2ccccc2)NC(=O)NC1=O. The average molecular weight is 280 g/mol. The van der Waals surface area contributed by atoms with Crippen LogP contribution in [0.5, 0.6) is 0 Å². The topological polar surface area (TPSA) is 58.2 Å². The highest BCUT2D eigenvalue weighted by molar-refractivity contribution is 6.07. The number of rotatable bonds is 3. The fraction of sp³-hybridized carbons (Fsp3) is 0.176. The van der Waals surface area contributed by atoms with Crippen LogP contribution in [0.1, 0.15) is 16.7 Å². The minimum atomic E-state index is -1.04. The summed E-state index contributed by atoms with van der Waals surface area (Å²) in [7, 11) is 0. The van der Waals surface area contributed by atoms with Gasteiger partial charge in [-0.15, -0.1) is 0 Å². The molecule has 0 radical (unpaired) electrons. The third kappa shape index (κ3) is 2.29. The maximum Gasteiger partial charge on any atom is 0.322 e. The quantitative estimate of drug-likeness (QED) is 0.847. The lowest BCUT2D eigenvalue weighted by Crippen LogP contribution is -2.46. The Balaban J connectivity index is 2.11. The Hall–Kier alpha value is -2.62. The van der Waals surface area contributed by atoms with Crippen LogP contribution < -0.4 is 10.6 Å². The van der Waals surface area contributed by atoms with Gasteiger partial charge in [0.05, 0.1) is 0 Å². The second-order valence-corrected chi connectivity index (χ2v) is 5.29. The number of nitrogens with one attached hydrogen (secondary N) is 2. The lowest BCUT2D eigenvalue weighted by atomic mass is 9.81. The van der Waals surface area contributed by atoms with Crippen LogP contribution in [0.15, 0.2) is 54.6 Å². The zero-order chi connectivity index (χ0) is 14.9. The lowest BCUT2D eigenvalue weighted by Gasteiger charge is -2.28. The van der Waals surface area contributed by atoms with E-state index in [0.29, 0.717) is 6.42 Å². The molecule has 1 aliphatic rings. The second kappa shape index (κ2) is 5.05. The molecule has 1 saturated heterocycles. The van der Waals surface area contributed by atoms with Crippen molar-refractivity contribution in [1.82, 2.24) is 10.6 Å². The summed E-state index contributed by atoms with van der Waals surface area (Å²) < 4.78 is 0. The Morgan fingerprint density at radius 1 is 0.952 bits per heavy atom. The molecule has 2 N–H and O–H groups in total. The van der Waals surface area contributed by atoms with Gasteiger partial charge in [-0.05, 0) is 23.6 Å². The summed E-state index contributed by atoms with van der Waals surface area (Å²) in [5.41, 5.74) is 1.77. The molecule has 0 saturated carbocycles. The second-order valence-electron chi connectivity index (χ2n) is 5.29. The molecule has 3 rings (SSSR count). The van der Waals surface area contributed by atoms with E-state index < -0.39 is 11.6 Å². The summed E-state index contributed by atoms with van der Waals surface area (Å²) in [6.45, 7) is 1.94. The molecule has 1 atom stereocenters. The normalized spacial score (nSPS) is 21.0. The highest BCUT2D eigenvalue weighted by Gasteiger charge is 2.48. The molecule has 2 aromatic carbocycles. The van der Waals surface area contributed by atoms with Crippen molar-refractivity contribution < 1.29 is 9.59 Å². The van der Waals surface area contributed by atoms with Crippen LogP contribution in [-0.2, 0) is 16.8 Å². The zero-order valence-electron chi connectivity index (χ0n) is 11.7. The van der Waals surface area contributed by atoms with Crippen molar-refractivity contribution >= 4 is 11.9 Å². The average Bonchev–Trinajstić information content (AvgIpc) is 2.75. The van der Waals surface area contributed by atoms with E-state index in [4.69, 9.17) is 0 Å². The molecule has 1 aliphatic heterocycles. The molecule has 1 heterocycles. The van der Waals surface area contributed by atoms with Crippen molar-refractivity contribution in [2.75, 3.05) is 0 Å². The van der Waals surface area contributed by atoms with Gasteiger partial charge in [0.1, 0.15) is 0 Å². The number of imide groups is 1. The number of benzene rings is 2. The van der Waals surface area contributed by atoms with Crippen LogP contribution in [0.25, 0.3) is 0 Å². The summed E-state index contributed by atoms with van der Waals surface area (Å²) >= 11 is 0. The molecule has 21 heavy (non-hydrogen) atoms. The summed E-state index contributed by atoms with van der Waals surface area (Å²) in [5, 5.41) is 5.19. The molecule has 0 aromatic heterocycles. The van der Waals surface area contributed by atoms with Crippen molar-refractivity contribution in [2.24, 2.45) is 0 Å². The molecule has 3 amide bonds. The first-order chi connectivity index (χ1) is 10.1. The van der Waals surface area contributed by atoms with E-state index in [1.54, 1.807) is 0 Å². The Labute approximate surface area is 123 Å². The van der Waals surface area contributed by atoms with Gasteiger partial charge < -0.3 is 5.32 Å². The minimum absolute atomic E-state index is 0.300. The van der Waals surface area contributed by atoms with Gasteiger partial charge in [0.15, 0.2) is 5.54 Å². The molecule has 4 heteroatoms. The van der Waals surface area contributed by atoms with Crippen LogP contribution in [0, 0.1) is 6.92 Å². The molecule has 4 nitrogen and oxygen atoms in total. The number of aryl methyl sites for hydroxylation is 1. The predicted molar refractivity (Wildman–Crippen MR) is 79.7 cm³/mol. The molecule has 1 unspecified atom stereocenters. The summed E-state index contributed by atoms with van der Waals surface area (Å²) in [6.07, 6.45) is 0.427. The van der Waals surface area contributed by atoms with Crippen LogP contribution in [0.4, 0.5) is 4.79 Å². The van der Waals surface area contributed by atoms with Gasteiger partial charge >= 0.3 is 6.03 Å². The van der Waals surface area contributed by atoms with E-state index in [-0.39, 0.29) is 5.91 Å². The monoisotopic (exact) mass is 280 g/mol. The van der Waals surface area contributed by atoms with Gasteiger partial charge in [-0.25, -0.2) is 4.79 Å². The summed E-state index contributed by atoms with van der Waals surface area (Å²) in [4.78, 5) is 24.2.